The highest BCUT2D eigenvalue weighted by atomic mass is 35.5. The van der Waals surface area contributed by atoms with E-state index in [-0.39, 0.29) is 30.3 Å². The largest absolute Gasteiger partial charge is 0.383 e. The first-order chi connectivity index (χ1) is 10.7. The van der Waals surface area contributed by atoms with Crippen LogP contribution in [0.1, 0.15) is 6.42 Å². The molecule has 0 saturated carbocycles. The number of nitrogens with one attached hydrogen (secondary N) is 2. The number of thiophene rings is 1. The molecule has 0 spiro atoms. The lowest BCUT2D eigenvalue weighted by Gasteiger charge is -2.07. The molecule has 0 unspecified atom stereocenters. The van der Waals surface area contributed by atoms with Gasteiger partial charge in [0, 0.05) is 39.7 Å². The molecule has 0 bridgehead atoms. The van der Waals surface area contributed by atoms with Crippen LogP contribution in [0.2, 0.25) is 0 Å². The van der Waals surface area contributed by atoms with Gasteiger partial charge < -0.3 is 15.4 Å². The summed E-state index contributed by atoms with van der Waals surface area (Å²) in [4.78, 5) is 28.8. The molecule has 0 saturated heterocycles. The predicted molar refractivity (Wildman–Crippen MR) is 93.5 cm³/mol. The van der Waals surface area contributed by atoms with Crippen molar-refractivity contribution < 1.29 is 9.53 Å². The van der Waals surface area contributed by atoms with Gasteiger partial charge in [-0.05, 0) is 11.4 Å². The Morgan fingerprint density at radius 2 is 2.22 bits per heavy atom. The van der Waals surface area contributed by atoms with Crippen molar-refractivity contribution >= 4 is 39.9 Å². The van der Waals surface area contributed by atoms with Crippen molar-refractivity contribution in [3.05, 3.63) is 28.1 Å². The quantitative estimate of drug-likeness (QED) is 0.640. The van der Waals surface area contributed by atoms with Crippen LogP contribution in [-0.4, -0.2) is 48.8 Å². The highest BCUT2D eigenvalue weighted by Gasteiger charge is 2.07. The molecule has 2 rings (SSSR count). The van der Waals surface area contributed by atoms with Crippen LogP contribution in [0.5, 0.6) is 0 Å². The molecule has 2 N–H and O–H groups in total. The highest BCUT2D eigenvalue weighted by Crippen LogP contribution is 2.13. The lowest BCUT2D eigenvalue weighted by atomic mass is 10.3. The predicted octanol–water partition coefficient (Wildman–Crippen LogP) is 0.622. The molecule has 9 heteroatoms. The van der Waals surface area contributed by atoms with Gasteiger partial charge in [0.15, 0.2) is 0 Å². The highest BCUT2D eigenvalue weighted by molar-refractivity contribution is 7.16. The topological polar surface area (TPSA) is 85.2 Å². The standard InChI is InChI=1S/C14H20N4O3S.ClH/c1-21-8-6-15-4-5-16-12(19)2-7-18-10-17-13-11(14(18)20)3-9-22-13;/h3,9-10,15H,2,4-8H2,1H3,(H,16,19);1H. The van der Waals surface area contributed by atoms with Gasteiger partial charge in [0.1, 0.15) is 4.83 Å². The first-order valence-electron chi connectivity index (χ1n) is 7.11. The number of nitrogens with zero attached hydrogens (tertiary/aromatic N) is 2. The number of methoxy groups -OCH3 is 1. The van der Waals surface area contributed by atoms with Gasteiger partial charge in [-0.1, -0.05) is 0 Å². The van der Waals surface area contributed by atoms with Gasteiger partial charge in [-0.25, -0.2) is 4.98 Å². The fourth-order valence-electron chi connectivity index (χ4n) is 1.95. The summed E-state index contributed by atoms with van der Waals surface area (Å²) < 4.78 is 6.38. The third-order valence-corrected chi connectivity index (χ3v) is 3.96. The zero-order chi connectivity index (χ0) is 15.8. The van der Waals surface area contributed by atoms with E-state index in [0.717, 1.165) is 11.4 Å². The first-order valence-corrected chi connectivity index (χ1v) is 7.99. The molecular formula is C14H21ClN4O3S. The van der Waals surface area contributed by atoms with Crippen LogP contribution in [0.25, 0.3) is 10.2 Å². The van der Waals surface area contributed by atoms with E-state index in [1.54, 1.807) is 13.2 Å². The van der Waals surface area contributed by atoms with E-state index < -0.39 is 0 Å². The summed E-state index contributed by atoms with van der Waals surface area (Å²) in [6, 6.07) is 1.76. The molecule has 1 amide bonds. The number of rotatable bonds is 9. The maximum Gasteiger partial charge on any atom is 0.262 e. The molecule has 0 atom stereocenters. The summed E-state index contributed by atoms with van der Waals surface area (Å²) in [5.41, 5.74) is -0.0970. The summed E-state index contributed by atoms with van der Waals surface area (Å²) in [6.07, 6.45) is 1.76. The second kappa shape index (κ2) is 10.3. The number of carbonyl (C=O) groups excluding carboxylic acids is 1. The van der Waals surface area contributed by atoms with Gasteiger partial charge in [0.25, 0.3) is 5.56 Å². The third-order valence-electron chi connectivity index (χ3n) is 3.14. The van der Waals surface area contributed by atoms with E-state index in [0.29, 0.717) is 31.6 Å². The summed E-state index contributed by atoms with van der Waals surface area (Å²) in [5, 5.41) is 8.39. The molecular weight excluding hydrogens is 340 g/mol. The van der Waals surface area contributed by atoms with Crippen LogP contribution in [-0.2, 0) is 16.1 Å². The zero-order valence-electron chi connectivity index (χ0n) is 12.9. The van der Waals surface area contributed by atoms with Crippen LogP contribution in [0, 0.1) is 0 Å². The zero-order valence-corrected chi connectivity index (χ0v) is 14.5. The average molecular weight is 361 g/mol. The molecule has 0 aliphatic heterocycles. The fourth-order valence-corrected chi connectivity index (χ4v) is 2.68. The number of ether oxygens (including phenoxy) is 1. The number of amides is 1. The lowest BCUT2D eigenvalue weighted by molar-refractivity contribution is -0.121. The minimum atomic E-state index is -0.0970. The number of hydrogen-bond donors (Lipinski definition) is 2. The number of halogens is 1. The lowest BCUT2D eigenvalue weighted by Crippen LogP contribution is -2.34. The Morgan fingerprint density at radius 3 is 3.00 bits per heavy atom. The Labute approximate surface area is 144 Å². The number of hydrogen-bond acceptors (Lipinski definition) is 6. The van der Waals surface area contributed by atoms with Crippen LogP contribution >= 0.6 is 23.7 Å². The fraction of sp³-hybridized carbons (Fsp3) is 0.500. The van der Waals surface area contributed by atoms with Crippen molar-refractivity contribution in [2.45, 2.75) is 13.0 Å². The Kier molecular flexibility index (Phi) is 8.78. The summed E-state index contributed by atoms with van der Waals surface area (Å²) in [5.74, 6) is -0.0779. The van der Waals surface area contributed by atoms with Gasteiger partial charge in [-0.3, -0.25) is 14.2 Å². The molecule has 7 nitrogen and oxygen atoms in total. The number of carbonyl (C=O) groups is 1. The van der Waals surface area contributed by atoms with Crippen molar-refractivity contribution in [3.8, 4) is 0 Å². The second-order valence-corrected chi connectivity index (χ2v) is 5.62. The van der Waals surface area contributed by atoms with Gasteiger partial charge in [-0.2, -0.15) is 0 Å². The van der Waals surface area contributed by atoms with Gasteiger partial charge in [0.2, 0.25) is 5.91 Å². The molecule has 128 valence electrons. The van der Waals surface area contributed by atoms with Gasteiger partial charge in [0.05, 0.1) is 18.3 Å². The molecule has 2 heterocycles. The van der Waals surface area contributed by atoms with E-state index in [1.807, 2.05) is 5.38 Å². The molecule has 0 aliphatic carbocycles. The summed E-state index contributed by atoms with van der Waals surface area (Å²) >= 11 is 1.43. The molecule has 0 aromatic carbocycles. The summed E-state index contributed by atoms with van der Waals surface area (Å²) in [6.45, 7) is 2.99. The maximum atomic E-state index is 12.1. The smallest absolute Gasteiger partial charge is 0.262 e. The monoisotopic (exact) mass is 360 g/mol. The Bertz CT molecular complexity index is 673. The van der Waals surface area contributed by atoms with Crippen LogP contribution < -0.4 is 16.2 Å². The van der Waals surface area contributed by atoms with Crippen molar-refractivity contribution in [2.24, 2.45) is 0 Å². The van der Waals surface area contributed by atoms with E-state index in [4.69, 9.17) is 4.74 Å². The molecule has 2 aromatic heterocycles. The minimum Gasteiger partial charge on any atom is -0.383 e. The van der Waals surface area contributed by atoms with Crippen molar-refractivity contribution in [2.75, 3.05) is 33.4 Å². The minimum absolute atomic E-state index is 0. The number of fused-ring (bicyclic) bond motifs is 1. The average Bonchev–Trinajstić information content (AvgIpc) is 2.99. The normalized spacial score (nSPS) is 10.5. The van der Waals surface area contributed by atoms with E-state index in [2.05, 4.69) is 15.6 Å². The van der Waals surface area contributed by atoms with Crippen LogP contribution in [0.3, 0.4) is 0 Å². The first kappa shape index (κ1) is 19.6. The maximum absolute atomic E-state index is 12.1. The third kappa shape index (κ3) is 5.91. The van der Waals surface area contributed by atoms with E-state index in [9.17, 15) is 9.59 Å². The van der Waals surface area contributed by atoms with E-state index >= 15 is 0 Å². The molecule has 23 heavy (non-hydrogen) atoms. The van der Waals surface area contributed by atoms with Crippen molar-refractivity contribution in [1.29, 1.82) is 0 Å². The van der Waals surface area contributed by atoms with Gasteiger partial charge >= 0.3 is 0 Å². The molecule has 0 radical (unpaired) electrons. The van der Waals surface area contributed by atoms with Crippen molar-refractivity contribution in [3.63, 3.8) is 0 Å². The SMILES string of the molecule is COCCNCCNC(=O)CCn1cnc2sccc2c1=O.Cl. The van der Waals surface area contributed by atoms with Crippen LogP contribution in [0.15, 0.2) is 22.6 Å². The van der Waals surface area contributed by atoms with Crippen LogP contribution in [0.4, 0.5) is 0 Å². The second-order valence-electron chi connectivity index (χ2n) is 4.73. The molecule has 0 fully saturated rings. The molecule has 2 aromatic rings. The number of aryl methyl sites for hydroxylation is 1. The number of aromatic nitrogens is 2. The van der Waals surface area contributed by atoms with Crippen molar-refractivity contribution in [1.82, 2.24) is 20.2 Å². The van der Waals surface area contributed by atoms with Gasteiger partial charge in [-0.15, -0.1) is 23.7 Å². The Balaban J connectivity index is 0.00000264. The summed E-state index contributed by atoms with van der Waals surface area (Å²) in [7, 11) is 1.65. The molecule has 0 aliphatic rings. The Morgan fingerprint density at radius 1 is 1.39 bits per heavy atom. The Hall–Kier alpha value is -1.48. The van der Waals surface area contributed by atoms with E-state index in [1.165, 1.54) is 22.2 Å².